The van der Waals surface area contributed by atoms with Crippen LogP contribution < -0.4 is 10.0 Å². The lowest BCUT2D eigenvalue weighted by Gasteiger charge is -2.08. The first-order valence-corrected chi connectivity index (χ1v) is 8.44. The smallest absolute Gasteiger partial charge is 0.240 e. The van der Waals surface area contributed by atoms with Crippen LogP contribution in [-0.2, 0) is 23.1 Å². The molecule has 0 atom stereocenters. The van der Waals surface area contributed by atoms with Crippen LogP contribution in [0, 0.1) is 0 Å². The highest BCUT2D eigenvalue weighted by Gasteiger charge is 2.17. The zero-order chi connectivity index (χ0) is 13.7. The highest BCUT2D eigenvalue weighted by atomic mass is 32.2. The Morgan fingerprint density at radius 2 is 1.95 bits per heavy atom. The summed E-state index contributed by atoms with van der Waals surface area (Å²) in [5, 5.41) is 3.22. The minimum Gasteiger partial charge on any atom is -0.309 e. The van der Waals surface area contributed by atoms with E-state index in [2.05, 4.69) is 17.0 Å². The van der Waals surface area contributed by atoms with Crippen LogP contribution in [0.5, 0.6) is 0 Å². The van der Waals surface area contributed by atoms with Crippen LogP contribution in [-0.4, -0.2) is 15.0 Å². The minimum absolute atomic E-state index is 0.380. The fourth-order valence-corrected chi connectivity index (χ4v) is 3.40. The number of fused-ring (bicyclic) bond motifs is 1. The normalized spacial score (nSPS) is 14.6. The summed E-state index contributed by atoms with van der Waals surface area (Å²) in [4.78, 5) is 0.380. The van der Waals surface area contributed by atoms with Gasteiger partial charge in [-0.1, -0.05) is 32.3 Å². The monoisotopic (exact) mass is 282 g/mol. The van der Waals surface area contributed by atoms with Gasteiger partial charge in [0.05, 0.1) is 4.90 Å². The molecule has 0 aliphatic carbocycles. The number of nitrogens with one attached hydrogen (secondary N) is 2. The predicted octanol–water partition coefficient (Wildman–Crippen LogP) is 2.15. The van der Waals surface area contributed by atoms with E-state index in [4.69, 9.17) is 0 Å². The first-order valence-electron chi connectivity index (χ1n) is 6.95. The average Bonchev–Trinajstić information content (AvgIpc) is 2.85. The van der Waals surface area contributed by atoms with Crippen molar-refractivity contribution in [2.45, 2.75) is 50.6 Å². The van der Waals surface area contributed by atoms with E-state index in [1.807, 2.05) is 6.07 Å². The van der Waals surface area contributed by atoms with Crippen molar-refractivity contribution >= 4 is 10.0 Å². The highest BCUT2D eigenvalue weighted by Crippen LogP contribution is 2.19. The Bertz CT molecular complexity index is 526. The van der Waals surface area contributed by atoms with E-state index in [-0.39, 0.29) is 0 Å². The van der Waals surface area contributed by atoms with E-state index in [0.29, 0.717) is 11.4 Å². The molecule has 0 unspecified atom stereocenters. The van der Waals surface area contributed by atoms with Crippen molar-refractivity contribution in [3.8, 4) is 0 Å². The summed E-state index contributed by atoms with van der Waals surface area (Å²) in [6, 6.07) is 5.38. The van der Waals surface area contributed by atoms with Gasteiger partial charge in [0.15, 0.2) is 0 Å². The van der Waals surface area contributed by atoms with Crippen LogP contribution in [0.4, 0.5) is 0 Å². The molecule has 1 heterocycles. The fourth-order valence-electron chi connectivity index (χ4n) is 2.28. The number of rotatable bonds is 7. The van der Waals surface area contributed by atoms with Gasteiger partial charge in [-0.2, -0.15) is 0 Å². The summed E-state index contributed by atoms with van der Waals surface area (Å²) >= 11 is 0. The van der Waals surface area contributed by atoms with Crippen LogP contribution in [0.15, 0.2) is 23.1 Å². The maximum Gasteiger partial charge on any atom is 0.240 e. The van der Waals surface area contributed by atoms with Gasteiger partial charge in [0.25, 0.3) is 0 Å². The standard InChI is InChI=1S/C14H22N2O2S/c1-2-3-4-5-8-16-19(17,18)14-7-6-12-10-15-11-13(12)9-14/h6-7,9,15-16H,2-5,8,10-11H2,1H3. The van der Waals surface area contributed by atoms with Crippen LogP contribution in [0.1, 0.15) is 43.7 Å². The molecule has 1 aromatic carbocycles. The second kappa shape index (κ2) is 6.50. The molecule has 0 saturated heterocycles. The van der Waals surface area contributed by atoms with Gasteiger partial charge in [0.2, 0.25) is 10.0 Å². The van der Waals surface area contributed by atoms with Crippen molar-refractivity contribution in [1.82, 2.24) is 10.0 Å². The van der Waals surface area contributed by atoms with Crippen LogP contribution in [0.2, 0.25) is 0 Å². The third-order valence-electron chi connectivity index (χ3n) is 3.44. The van der Waals surface area contributed by atoms with Crippen molar-refractivity contribution in [3.63, 3.8) is 0 Å². The van der Waals surface area contributed by atoms with E-state index >= 15 is 0 Å². The second-order valence-corrected chi connectivity index (χ2v) is 6.76. The highest BCUT2D eigenvalue weighted by molar-refractivity contribution is 7.89. The van der Waals surface area contributed by atoms with Gasteiger partial charge in [-0.15, -0.1) is 0 Å². The lowest BCUT2D eigenvalue weighted by Crippen LogP contribution is -2.24. The van der Waals surface area contributed by atoms with Gasteiger partial charge in [0.1, 0.15) is 0 Å². The number of sulfonamides is 1. The van der Waals surface area contributed by atoms with Crippen LogP contribution >= 0.6 is 0 Å². The van der Waals surface area contributed by atoms with Crippen molar-refractivity contribution in [3.05, 3.63) is 29.3 Å². The molecule has 4 nitrogen and oxygen atoms in total. The third kappa shape index (κ3) is 3.78. The molecule has 5 heteroatoms. The zero-order valence-corrected chi connectivity index (χ0v) is 12.2. The molecule has 2 rings (SSSR count). The topological polar surface area (TPSA) is 58.2 Å². The van der Waals surface area contributed by atoms with Gasteiger partial charge in [-0.25, -0.2) is 13.1 Å². The predicted molar refractivity (Wildman–Crippen MR) is 76.3 cm³/mol. The SMILES string of the molecule is CCCCCCNS(=O)(=O)c1ccc2c(c1)CNC2. The zero-order valence-electron chi connectivity index (χ0n) is 11.4. The largest absolute Gasteiger partial charge is 0.309 e. The summed E-state index contributed by atoms with van der Waals surface area (Å²) in [5.74, 6) is 0. The molecule has 1 aliphatic heterocycles. The molecule has 1 aromatic rings. The summed E-state index contributed by atoms with van der Waals surface area (Å²) in [6.45, 7) is 4.26. The van der Waals surface area contributed by atoms with E-state index in [1.165, 1.54) is 5.56 Å². The fraction of sp³-hybridized carbons (Fsp3) is 0.571. The molecule has 1 aliphatic rings. The van der Waals surface area contributed by atoms with E-state index in [9.17, 15) is 8.42 Å². The Kier molecular flexibility index (Phi) is 4.96. The lowest BCUT2D eigenvalue weighted by atomic mass is 10.1. The first-order chi connectivity index (χ1) is 9.13. The molecule has 0 aromatic heterocycles. The molecule has 2 N–H and O–H groups in total. The average molecular weight is 282 g/mol. The summed E-state index contributed by atoms with van der Waals surface area (Å²) in [7, 11) is -3.35. The van der Waals surface area contributed by atoms with Crippen molar-refractivity contribution < 1.29 is 8.42 Å². The van der Waals surface area contributed by atoms with Crippen molar-refractivity contribution in [1.29, 1.82) is 0 Å². The van der Waals surface area contributed by atoms with Gasteiger partial charge in [-0.05, 0) is 29.7 Å². The van der Waals surface area contributed by atoms with Gasteiger partial charge >= 0.3 is 0 Å². The first kappa shape index (κ1) is 14.5. The molecule has 0 saturated carbocycles. The van der Waals surface area contributed by atoms with Gasteiger partial charge in [0, 0.05) is 19.6 Å². The Labute approximate surface area is 115 Å². The molecular formula is C14H22N2O2S. The van der Waals surface area contributed by atoms with E-state index in [1.54, 1.807) is 12.1 Å². The Morgan fingerprint density at radius 1 is 1.16 bits per heavy atom. The lowest BCUT2D eigenvalue weighted by molar-refractivity contribution is 0.573. The second-order valence-electron chi connectivity index (χ2n) is 4.99. The molecule has 0 fully saturated rings. The van der Waals surface area contributed by atoms with Crippen molar-refractivity contribution in [2.24, 2.45) is 0 Å². The quantitative estimate of drug-likeness (QED) is 0.753. The Hall–Kier alpha value is -0.910. The number of unbranched alkanes of at least 4 members (excludes halogenated alkanes) is 3. The van der Waals surface area contributed by atoms with Crippen molar-refractivity contribution in [2.75, 3.05) is 6.54 Å². The third-order valence-corrected chi connectivity index (χ3v) is 4.90. The molecule has 0 spiro atoms. The Balaban J connectivity index is 1.95. The molecular weight excluding hydrogens is 260 g/mol. The maximum absolute atomic E-state index is 12.1. The summed E-state index contributed by atoms with van der Waals surface area (Å²) in [5.41, 5.74) is 2.29. The molecule has 0 radical (unpaired) electrons. The molecule has 0 amide bonds. The summed E-state index contributed by atoms with van der Waals surface area (Å²) < 4.78 is 26.9. The number of hydrogen-bond donors (Lipinski definition) is 2. The Morgan fingerprint density at radius 3 is 2.74 bits per heavy atom. The molecule has 0 bridgehead atoms. The van der Waals surface area contributed by atoms with E-state index < -0.39 is 10.0 Å². The van der Waals surface area contributed by atoms with Crippen LogP contribution in [0.3, 0.4) is 0 Å². The van der Waals surface area contributed by atoms with Gasteiger partial charge < -0.3 is 5.32 Å². The summed E-state index contributed by atoms with van der Waals surface area (Å²) in [6.07, 6.45) is 4.30. The van der Waals surface area contributed by atoms with E-state index in [0.717, 1.165) is 44.3 Å². The van der Waals surface area contributed by atoms with Gasteiger partial charge in [-0.3, -0.25) is 0 Å². The molecule has 19 heavy (non-hydrogen) atoms. The maximum atomic E-state index is 12.1. The number of hydrogen-bond acceptors (Lipinski definition) is 3. The number of benzene rings is 1. The minimum atomic E-state index is -3.35. The molecule has 106 valence electrons. The van der Waals surface area contributed by atoms with Crippen LogP contribution in [0.25, 0.3) is 0 Å².